The Labute approximate surface area is 140 Å². The molecule has 1 aliphatic rings. The Morgan fingerprint density at radius 2 is 2.00 bits per heavy atom. The Morgan fingerprint density at radius 1 is 1.30 bits per heavy atom. The fraction of sp³-hybridized carbons (Fsp3) is 0.632. The molecule has 2 rings (SSSR count). The molecule has 128 valence electrons. The lowest BCUT2D eigenvalue weighted by molar-refractivity contribution is -0.122. The van der Waals surface area contributed by atoms with Gasteiger partial charge in [0.1, 0.15) is 0 Å². The van der Waals surface area contributed by atoms with Crippen molar-refractivity contribution >= 4 is 5.91 Å². The Kier molecular flexibility index (Phi) is 6.60. The van der Waals surface area contributed by atoms with Crippen LogP contribution >= 0.6 is 0 Å². The minimum atomic E-state index is -0.176. The van der Waals surface area contributed by atoms with E-state index in [0.717, 1.165) is 45.6 Å². The minimum absolute atomic E-state index is 0.0584. The molecule has 0 aliphatic carbocycles. The van der Waals surface area contributed by atoms with Crippen molar-refractivity contribution in [2.45, 2.75) is 51.5 Å². The lowest BCUT2D eigenvalue weighted by atomic mass is 9.72. The van der Waals surface area contributed by atoms with E-state index in [2.05, 4.69) is 48.7 Å². The summed E-state index contributed by atoms with van der Waals surface area (Å²) in [4.78, 5) is 12.1. The van der Waals surface area contributed by atoms with Gasteiger partial charge in [0.15, 0.2) is 0 Å². The lowest BCUT2D eigenvalue weighted by Crippen LogP contribution is -2.50. The van der Waals surface area contributed by atoms with Crippen molar-refractivity contribution < 1.29 is 9.53 Å². The number of ether oxygens (including phenoxy) is 1. The van der Waals surface area contributed by atoms with Crippen LogP contribution in [0, 0.1) is 6.92 Å². The lowest BCUT2D eigenvalue weighted by Gasteiger charge is -2.39. The van der Waals surface area contributed by atoms with E-state index in [1.807, 2.05) is 6.92 Å². The smallest absolute Gasteiger partial charge is 0.236 e. The zero-order valence-electron chi connectivity index (χ0n) is 14.7. The van der Waals surface area contributed by atoms with Crippen LogP contribution < -0.4 is 10.6 Å². The van der Waals surface area contributed by atoms with Crippen molar-refractivity contribution in [3.8, 4) is 0 Å². The molecule has 4 nitrogen and oxygen atoms in total. The number of aryl methyl sites for hydroxylation is 1. The van der Waals surface area contributed by atoms with Crippen LogP contribution in [0.15, 0.2) is 24.3 Å². The van der Waals surface area contributed by atoms with Crippen LogP contribution in [-0.4, -0.2) is 38.3 Å². The second kappa shape index (κ2) is 8.46. The van der Waals surface area contributed by atoms with Crippen molar-refractivity contribution in [2.75, 3.05) is 26.3 Å². The van der Waals surface area contributed by atoms with Gasteiger partial charge in [0.25, 0.3) is 0 Å². The van der Waals surface area contributed by atoms with Crippen LogP contribution in [0.3, 0.4) is 0 Å². The summed E-state index contributed by atoms with van der Waals surface area (Å²) in [5.74, 6) is 0.0823. The number of hydrogen-bond donors (Lipinski definition) is 2. The Bertz CT molecular complexity index is 510. The standard InChI is InChI=1S/C19H30N2O2/c1-4-11-20-18(22)16(3)21-14-19(9-12-23-13-10-19)17-8-6-5-7-15(17)2/h5-8,16,21H,4,9-14H2,1-3H3,(H,20,22)/t16-/m0/s1. The number of benzene rings is 1. The fourth-order valence-corrected chi connectivity index (χ4v) is 3.31. The van der Waals surface area contributed by atoms with Crippen molar-refractivity contribution in [2.24, 2.45) is 0 Å². The molecule has 1 heterocycles. The number of amides is 1. The number of nitrogens with one attached hydrogen (secondary N) is 2. The first-order chi connectivity index (χ1) is 11.1. The zero-order valence-corrected chi connectivity index (χ0v) is 14.7. The maximum Gasteiger partial charge on any atom is 0.236 e. The third-order valence-corrected chi connectivity index (χ3v) is 4.86. The third-order valence-electron chi connectivity index (χ3n) is 4.86. The second-order valence-electron chi connectivity index (χ2n) is 6.60. The normalized spacial score (nSPS) is 18.4. The van der Waals surface area contributed by atoms with Gasteiger partial charge in [-0.1, -0.05) is 31.2 Å². The Hall–Kier alpha value is -1.39. The third kappa shape index (κ3) is 4.55. The summed E-state index contributed by atoms with van der Waals surface area (Å²) in [6.45, 7) is 9.29. The molecule has 0 bridgehead atoms. The van der Waals surface area contributed by atoms with Gasteiger partial charge >= 0.3 is 0 Å². The second-order valence-corrected chi connectivity index (χ2v) is 6.60. The fourth-order valence-electron chi connectivity index (χ4n) is 3.31. The molecule has 23 heavy (non-hydrogen) atoms. The summed E-state index contributed by atoms with van der Waals surface area (Å²) in [7, 11) is 0. The van der Waals surface area contributed by atoms with Crippen LogP contribution in [0.5, 0.6) is 0 Å². The van der Waals surface area contributed by atoms with E-state index in [-0.39, 0.29) is 17.4 Å². The van der Waals surface area contributed by atoms with Crippen LogP contribution in [0.4, 0.5) is 0 Å². The highest BCUT2D eigenvalue weighted by molar-refractivity contribution is 5.81. The summed E-state index contributed by atoms with van der Waals surface area (Å²) in [5, 5.41) is 6.42. The van der Waals surface area contributed by atoms with Crippen molar-refractivity contribution in [1.82, 2.24) is 10.6 Å². The summed E-state index contributed by atoms with van der Waals surface area (Å²) in [5.41, 5.74) is 2.76. The number of carbonyl (C=O) groups excluding carboxylic acids is 1. The molecular weight excluding hydrogens is 288 g/mol. The van der Waals surface area contributed by atoms with E-state index in [9.17, 15) is 4.79 Å². The molecule has 0 spiro atoms. The van der Waals surface area contributed by atoms with E-state index in [0.29, 0.717) is 0 Å². The zero-order chi connectivity index (χ0) is 16.7. The first kappa shape index (κ1) is 18.0. The van der Waals surface area contributed by atoms with E-state index < -0.39 is 0 Å². The highest BCUT2D eigenvalue weighted by Crippen LogP contribution is 2.36. The summed E-state index contributed by atoms with van der Waals surface area (Å²) < 4.78 is 5.59. The topological polar surface area (TPSA) is 50.4 Å². The van der Waals surface area contributed by atoms with Gasteiger partial charge in [-0.2, -0.15) is 0 Å². The monoisotopic (exact) mass is 318 g/mol. The van der Waals surface area contributed by atoms with Gasteiger partial charge in [0, 0.05) is 31.7 Å². The number of rotatable bonds is 7. The van der Waals surface area contributed by atoms with E-state index in [1.54, 1.807) is 0 Å². The van der Waals surface area contributed by atoms with Gasteiger partial charge in [-0.15, -0.1) is 0 Å². The largest absolute Gasteiger partial charge is 0.381 e. The highest BCUT2D eigenvalue weighted by Gasteiger charge is 2.35. The van der Waals surface area contributed by atoms with Crippen LogP contribution in [0.25, 0.3) is 0 Å². The van der Waals surface area contributed by atoms with Crippen molar-refractivity contribution in [1.29, 1.82) is 0 Å². The van der Waals surface area contributed by atoms with Crippen LogP contribution in [-0.2, 0) is 14.9 Å². The maximum absolute atomic E-state index is 12.1. The Morgan fingerprint density at radius 3 is 2.65 bits per heavy atom. The molecule has 1 fully saturated rings. The average Bonchev–Trinajstić information content (AvgIpc) is 2.58. The Balaban J connectivity index is 2.08. The molecule has 1 saturated heterocycles. The van der Waals surface area contributed by atoms with Gasteiger partial charge in [-0.25, -0.2) is 0 Å². The molecule has 0 aromatic heterocycles. The molecular formula is C19H30N2O2. The molecule has 1 aliphatic heterocycles. The number of hydrogen-bond acceptors (Lipinski definition) is 3. The number of carbonyl (C=O) groups is 1. The van der Waals surface area contributed by atoms with Gasteiger partial charge in [0.05, 0.1) is 6.04 Å². The molecule has 1 aromatic carbocycles. The van der Waals surface area contributed by atoms with Crippen molar-refractivity contribution in [3.05, 3.63) is 35.4 Å². The molecule has 2 N–H and O–H groups in total. The summed E-state index contributed by atoms with van der Waals surface area (Å²) >= 11 is 0. The molecule has 0 unspecified atom stereocenters. The molecule has 4 heteroatoms. The van der Waals surface area contributed by atoms with Gasteiger partial charge < -0.3 is 15.4 Å². The highest BCUT2D eigenvalue weighted by atomic mass is 16.5. The molecule has 1 aromatic rings. The predicted octanol–water partition coefficient (Wildman–Crippen LogP) is 2.55. The van der Waals surface area contributed by atoms with Gasteiger partial charge in [-0.3, -0.25) is 4.79 Å². The van der Waals surface area contributed by atoms with Gasteiger partial charge in [-0.05, 0) is 44.2 Å². The maximum atomic E-state index is 12.1. The first-order valence-corrected chi connectivity index (χ1v) is 8.74. The predicted molar refractivity (Wildman–Crippen MR) is 93.7 cm³/mol. The molecule has 1 amide bonds. The first-order valence-electron chi connectivity index (χ1n) is 8.74. The summed E-state index contributed by atoms with van der Waals surface area (Å²) in [6, 6.07) is 8.41. The molecule has 1 atom stereocenters. The van der Waals surface area contributed by atoms with Crippen LogP contribution in [0.1, 0.15) is 44.2 Å². The summed E-state index contributed by atoms with van der Waals surface area (Å²) in [6.07, 6.45) is 2.95. The van der Waals surface area contributed by atoms with Gasteiger partial charge in [0.2, 0.25) is 5.91 Å². The van der Waals surface area contributed by atoms with E-state index in [1.165, 1.54) is 11.1 Å². The quantitative estimate of drug-likeness (QED) is 0.812. The molecule has 0 saturated carbocycles. The average molecular weight is 318 g/mol. The SMILES string of the molecule is CCCNC(=O)[C@H](C)NCC1(c2ccccc2C)CCOCC1. The minimum Gasteiger partial charge on any atom is -0.381 e. The molecule has 0 radical (unpaired) electrons. The van der Waals surface area contributed by atoms with E-state index in [4.69, 9.17) is 4.74 Å². The van der Waals surface area contributed by atoms with Crippen molar-refractivity contribution in [3.63, 3.8) is 0 Å². The van der Waals surface area contributed by atoms with E-state index >= 15 is 0 Å². The van der Waals surface area contributed by atoms with Crippen LogP contribution in [0.2, 0.25) is 0 Å².